The van der Waals surface area contributed by atoms with E-state index in [1.807, 2.05) is 30.3 Å². The van der Waals surface area contributed by atoms with Crippen LogP contribution in [0.1, 0.15) is 5.56 Å². The first-order valence-corrected chi connectivity index (χ1v) is 7.34. The van der Waals surface area contributed by atoms with Crippen LogP contribution in [-0.4, -0.2) is 9.97 Å². The van der Waals surface area contributed by atoms with E-state index in [4.69, 9.17) is 0 Å². The second-order valence-corrected chi connectivity index (χ2v) is 5.49. The third kappa shape index (κ3) is 2.48. The molecule has 1 heterocycles. The first-order chi connectivity index (χ1) is 11.5. The average molecular weight is 324 g/mol. The monoisotopic (exact) mass is 324 g/mol. The summed E-state index contributed by atoms with van der Waals surface area (Å²) in [6.07, 6.45) is -2.68. The lowest BCUT2D eigenvalue weighted by Gasteiger charge is -2.09. The number of nitrogens with zero attached hydrogens (tertiary/aromatic N) is 2. The summed E-state index contributed by atoms with van der Waals surface area (Å²) in [6.45, 7) is 0. The van der Waals surface area contributed by atoms with E-state index in [1.54, 1.807) is 18.3 Å². The number of fused-ring (bicyclic) bond motifs is 3. The maximum absolute atomic E-state index is 12.8. The van der Waals surface area contributed by atoms with Crippen molar-refractivity contribution < 1.29 is 13.2 Å². The maximum atomic E-state index is 12.8. The number of aromatic nitrogens is 2. The third-order valence-electron chi connectivity index (χ3n) is 3.94. The van der Waals surface area contributed by atoms with Crippen molar-refractivity contribution in [3.63, 3.8) is 0 Å². The number of hydrogen-bond acceptors (Lipinski definition) is 2. The molecule has 4 aromatic rings. The highest BCUT2D eigenvalue weighted by molar-refractivity contribution is 6.06. The Morgan fingerprint density at radius 2 is 1.58 bits per heavy atom. The molecule has 2 nitrogen and oxygen atoms in total. The van der Waals surface area contributed by atoms with Crippen molar-refractivity contribution in [2.45, 2.75) is 6.18 Å². The SMILES string of the molecule is FC(F)(F)c1ccc2c(ccc3nc(-c4ccccc4)ncc32)c1. The van der Waals surface area contributed by atoms with Gasteiger partial charge < -0.3 is 0 Å². The molecule has 0 spiro atoms. The van der Waals surface area contributed by atoms with Crippen LogP contribution in [-0.2, 0) is 6.18 Å². The molecule has 118 valence electrons. The zero-order valence-corrected chi connectivity index (χ0v) is 12.4. The van der Waals surface area contributed by atoms with Crippen molar-refractivity contribution in [2.24, 2.45) is 0 Å². The molecule has 0 atom stereocenters. The lowest BCUT2D eigenvalue weighted by Crippen LogP contribution is -2.04. The van der Waals surface area contributed by atoms with Crippen molar-refractivity contribution in [1.29, 1.82) is 0 Å². The first kappa shape index (κ1) is 14.6. The highest BCUT2D eigenvalue weighted by Gasteiger charge is 2.30. The minimum atomic E-state index is -4.35. The normalized spacial score (nSPS) is 12.0. The number of hydrogen-bond donors (Lipinski definition) is 0. The number of benzene rings is 3. The molecule has 0 unspecified atom stereocenters. The van der Waals surface area contributed by atoms with E-state index in [1.165, 1.54) is 6.07 Å². The summed E-state index contributed by atoms with van der Waals surface area (Å²) in [5, 5.41) is 1.97. The minimum absolute atomic E-state index is 0.522. The summed E-state index contributed by atoms with van der Waals surface area (Å²) >= 11 is 0. The third-order valence-corrected chi connectivity index (χ3v) is 3.94. The maximum Gasteiger partial charge on any atom is 0.416 e. The standard InChI is InChI=1S/C19H11F3N2/c20-19(21,22)14-7-8-15-13(10-14)6-9-17-16(15)11-23-18(24-17)12-4-2-1-3-5-12/h1-11H. The molecule has 0 aliphatic heterocycles. The van der Waals surface area contributed by atoms with Gasteiger partial charge in [0.2, 0.25) is 0 Å². The second kappa shape index (κ2) is 5.30. The van der Waals surface area contributed by atoms with Gasteiger partial charge in [0.25, 0.3) is 0 Å². The molecule has 24 heavy (non-hydrogen) atoms. The lowest BCUT2D eigenvalue weighted by molar-refractivity contribution is -0.137. The summed E-state index contributed by atoms with van der Waals surface area (Å²) in [5.41, 5.74) is 0.944. The molecule has 1 aromatic heterocycles. The Morgan fingerprint density at radius 3 is 2.33 bits per heavy atom. The van der Waals surface area contributed by atoms with Crippen molar-refractivity contribution in [1.82, 2.24) is 9.97 Å². The van der Waals surface area contributed by atoms with Gasteiger partial charge >= 0.3 is 6.18 Å². The Labute approximate surface area is 135 Å². The van der Waals surface area contributed by atoms with Gasteiger partial charge in [-0.3, -0.25) is 0 Å². The number of alkyl halides is 3. The Morgan fingerprint density at radius 1 is 0.792 bits per heavy atom. The topological polar surface area (TPSA) is 25.8 Å². The molecule has 0 saturated heterocycles. The van der Waals surface area contributed by atoms with E-state index >= 15 is 0 Å². The van der Waals surface area contributed by atoms with Crippen LogP contribution in [0.25, 0.3) is 33.1 Å². The van der Waals surface area contributed by atoms with Crippen LogP contribution in [0.2, 0.25) is 0 Å². The molecule has 0 aliphatic rings. The molecule has 0 bridgehead atoms. The number of halogens is 3. The van der Waals surface area contributed by atoms with Crippen molar-refractivity contribution in [3.05, 3.63) is 72.4 Å². The smallest absolute Gasteiger partial charge is 0.236 e. The fourth-order valence-corrected chi connectivity index (χ4v) is 2.75. The number of rotatable bonds is 1. The lowest BCUT2D eigenvalue weighted by atomic mass is 10.0. The van der Waals surface area contributed by atoms with Crippen LogP contribution < -0.4 is 0 Å². The zero-order valence-electron chi connectivity index (χ0n) is 12.4. The van der Waals surface area contributed by atoms with Gasteiger partial charge in [0.15, 0.2) is 5.82 Å². The molecule has 3 aromatic carbocycles. The molecule has 5 heteroatoms. The predicted molar refractivity (Wildman–Crippen MR) is 87.5 cm³/mol. The molecule has 0 radical (unpaired) electrons. The summed E-state index contributed by atoms with van der Waals surface area (Å²) < 4.78 is 38.5. The van der Waals surface area contributed by atoms with Crippen LogP contribution in [0.3, 0.4) is 0 Å². The molecular formula is C19H11F3N2. The summed E-state index contributed by atoms with van der Waals surface area (Å²) in [6, 6.07) is 16.7. The fourth-order valence-electron chi connectivity index (χ4n) is 2.75. The quantitative estimate of drug-likeness (QED) is 0.434. The zero-order chi connectivity index (χ0) is 16.7. The van der Waals surface area contributed by atoms with E-state index in [0.717, 1.165) is 23.1 Å². The van der Waals surface area contributed by atoms with E-state index in [9.17, 15) is 13.2 Å². The average Bonchev–Trinajstić information content (AvgIpc) is 2.60. The van der Waals surface area contributed by atoms with E-state index in [-0.39, 0.29) is 0 Å². The van der Waals surface area contributed by atoms with Gasteiger partial charge in [0.05, 0.1) is 11.1 Å². The van der Waals surface area contributed by atoms with Crippen LogP contribution in [0, 0.1) is 0 Å². The second-order valence-electron chi connectivity index (χ2n) is 5.49. The van der Waals surface area contributed by atoms with Crippen LogP contribution in [0.15, 0.2) is 66.9 Å². The Hall–Kier alpha value is -2.95. The highest BCUT2D eigenvalue weighted by atomic mass is 19.4. The molecule has 0 N–H and O–H groups in total. The van der Waals surface area contributed by atoms with Gasteiger partial charge in [-0.2, -0.15) is 13.2 Å². The van der Waals surface area contributed by atoms with Crippen molar-refractivity contribution in [3.8, 4) is 11.4 Å². The summed E-state index contributed by atoms with van der Waals surface area (Å²) in [5.74, 6) is 0.592. The van der Waals surface area contributed by atoms with Gasteiger partial charge in [-0.15, -0.1) is 0 Å². The first-order valence-electron chi connectivity index (χ1n) is 7.34. The largest absolute Gasteiger partial charge is 0.416 e. The van der Waals surface area contributed by atoms with E-state index in [0.29, 0.717) is 22.1 Å². The van der Waals surface area contributed by atoms with Crippen molar-refractivity contribution >= 4 is 21.7 Å². The Balaban J connectivity index is 1.90. The molecular weight excluding hydrogens is 313 g/mol. The molecule has 0 aliphatic carbocycles. The van der Waals surface area contributed by atoms with Gasteiger partial charge in [0.1, 0.15) is 0 Å². The molecule has 0 amide bonds. The van der Waals surface area contributed by atoms with Gasteiger partial charge in [-0.1, -0.05) is 42.5 Å². The molecule has 4 rings (SSSR count). The predicted octanol–water partition coefficient (Wildman–Crippen LogP) is 5.47. The van der Waals surface area contributed by atoms with Gasteiger partial charge in [-0.05, 0) is 29.0 Å². The van der Waals surface area contributed by atoms with Gasteiger partial charge in [0, 0.05) is 17.1 Å². The van der Waals surface area contributed by atoms with Gasteiger partial charge in [-0.25, -0.2) is 9.97 Å². The van der Waals surface area contributed by atoms with Crippen LogP contribution >= 0.6 is 0 Å². The van der Waals surface area contributed by atoms with Crippen LogP contribution in [0.4, 0.5) is 13.2 Å². The Kier molecular flexibility index (Phi) is 3.23. The van der Waals surface area contributed by atoms with E-state index < -0.39 is 11.7 Å². The summed E-state index contributed by atoms with van der Waals surface area (Å²) in [7, 11) is 0. The molecule has 0 saturated carbocycles. The Bertz CT molecular complexity index is 1040. The highest BCUT2D eigenvalue weighted by Crippen LogP contribution is 2.33. The minimum Gasteiger partial charge on any atom is -0.236 e. The van der Waals surface area contributed by atoms with Crippen LogP contribution in [0.5, 0.6) is 0 Å². The summed E-state index contributed by atoms with van der Waals surface area (Å²) in [4.78, 5) is 8.90. The van der Waals surface area contributed by atoms with Crippen molar-refractivity contribution in [2.75, 3.05) is 0 Å². The fraction of sp³-hybridized carbons (Fsp3) is 0.0526. The van der Waals surface area contributed by atoms with E-state index in [2.05, 4.69) is 9.97 Å². The molecule has 0 fully saturated rings.